The zero-order valence-corrected chi connectivity index (χ0v) is 12.0. The quantitative estimate of drug-likeness (QED) is 0.800. The van der Waals surface area contributed by atoms with Gasteiger partial charge in [0.25, 0.3) is 0 Å². The molecule has 18 heavy (non-hydrogen) atoms. The molecule has 0 bridgehead atoms. The van der Waals surface area contributed by atoms with Crippen LogP contribution < -0.4 is 5.32 Å². The molecule has 0 spiro atoms. The van der Waals surface area contributed by atoms with Crippen molar-refractivity contribution in [2.24, 2.45) is 17.8 Å². The summed E-state index contributed by atoms with van der Waals surface area (Å²) < 4.78 is 0. The maximum absolute atomic E-state index is 11.9. The Bertz CT molecular complexity index is 268. The molecule has 0 aromatic carbocycles. The fourth-order valence-electron chi connectivity index (χ4n) is 2.98. The van der Waals surface area contributed by atoms with Crippen LogP contribution in [0, 0.1) is 17.8 Å². The van der Waals surface area contributed by atoms with Gasteiger partial charge in [0.2, 0.25) is 0 Å². The lowest BCUT2D eigenvalue weighted by molar-refractivity contribution is 0.199. The average Bonchev–Trinajstić information content (AvgIpc) is 3.20. The van der Waals surface area contributed by atoms with Crippen LogP contribution in [0.3, 0.4) is 0 Å². The molecule has 2 saturated carbocycles. The van der Waals surface area contributed by atoms with Crippen LogP contribution >= 0.6 is 0 Å². The van der Waals surface area contributed by atoms with Crippen molar-refractivity contribution < 1.29 is 4.79 Å². The molecule has 0 aromatic heterocycles. The summed E-state index contributed by atoms with van der Waals surface area (Å²) in [6.45, 7) is 4.11. The average molecular weight is 252 g/mol. The van der Waals surface area contributed by atoms with Gasteiger partial charge in [-0.2, -0.15) is 0 Å². The van der Waals surface area contributed by atoms with Crippen molar-refractivity contribution in [1.29, 1.82) is 0 Å². The van der Waals surface area contributed by atoms with E-state index in [4.69, 9.17) is 0 Å². The van der Waals surface area contributed by atoms with Crippen molar-refractivity contribution in [3.8, 4) is 0 Å². The van der Waals surface area contributed by atoms with Crippen LogP contribution in [0.15, 0.2) is 0 Å². The lowest BCUT2D eigenvalue weighted by Gasteiger charge is -2.28. The topological polar surface area (TPSA) is 32.3 Å². The van der Waals surface area contributed by atoms with Crippen LogP contribution in [0.1, 0.15) is 51.9 Å². The van der Waals surface area contributed by atoms with Gasteiger partial charge < -0.3 is 10.2 Å². The highest BCUT2D eigenvalue weighted by molar-refractivity contribution is 5.73. The van der Waals surface area contributed by atoms with Crippen LogP contribution in [0.4, 0.5) is 4.79 Å². The van der Waals surface area contributed by atoms with Gasteiger partial charge in [0, 0.05) is 20.1 Å². The number of hydrogen-bond donors (Lipinski definition) is 1. The zero-order chi connectivity index (χ0) is 13.0. The Morgan fingerprint density at radius 2 is 1.61 bits per heavy atom. The number of nitrogens with zero attached hydrogens (tertiary/aromatic N) is 1. The second-order valence-corrected chi connectivity index (χ2v) is 6.30. The third-order valence-electron chi connectivity index (χ3n) is 4.66. The highest BCUT2D eigenvalue weighted by Gasteiger charge is 2.25. The monoisotopic (exact) mass is 252 g/mol. The van der Waals surface area contributed by atoms with Crippen LogP contribution in [0.2, 0.25) is 0 Å². The maximum atomic E-state index is 11.9. The van der Waals surface area contributed by atoms with E-state index < -0.39 is 0 Å². The van der Waals surface area contributed by atoms with E-state index in [-0.39, 0.29) is 6.03 Å². The molecule has 3 nitrogen and oxygen atoms in total. The molecule has 104 valence electrons. The Morgan fingerprint density at radius 1 is 1.06 bits per heavy atom. The van der Waals surface area contributed by atoms with Crippen LogP contribution in [0.25, 0.3) is 0 Å². The zero-order valence-electron chi connectivity index (χ0n) is 12.0. The standard InChI is InChI=1S/C15H28N2O/c1-3-12-4-6-13(7-5-12)10-16-15(18)17(2)11-14-8-9-14/h12-14H,3-11H2,1-2H3,(H,16,18). The first-order chi connectivity index (χ1) is 8.69. The SMILES string of the molecule is CCC1CCC(CNC(=O)N(C)CC2CC2)CC1. The molecule has 3 heteroatoms. The lowest BCUT2D eigenvalue weighted by atomic mass is 9.81. The Morgan fingerprint density at radius 3 is 2.17 bits per heavy atom. The number of carbonyl (C=O) groups is 1. The van der Waals surface area contributed by atoms with Gasteiger partial charge in [-0.3, -0.25) is 0 Å². The first-order valence-electron chi connectivity index (χ1n) is 7.68. The van der Waals surface area contributed by atoms with Crippen molar-refractivity contribution in [3.63, 3.8) is 0 Å². The summed E-state index contributed by atoms with van der Waals surface area (Å²) in [5.41, 5.74) is 0. The van der Waals surface area contributed by atoms with Gasteiger partial charge in [-0.15, -0.1) is 0 Å². The van der Waals surface area contributed by atoms with E-state index in [1.165, 1.54) is 44.9 Å². The van der Waals surface area contributed by atoms with E-state index in [1.54, 1.807) is 0 Å². The number of amides is 2. The molecule has 2 rings (SSSR count). The molecule has 0 aromatic rings. The van der Waals surface area contributed by atoms with Gasteiger partial charge in [0.15, 0.2) is 0 Å². The molecule has 0 aliphatic heterocycles. The van der Waals surface area contributed by atoms with Crippen LogP contribution in [0.5, 0.6) is 0 Å². The minimum Gasteiger partial charge on any atom is -0.338 e. The molecule has 0 heterocycles. The van der Waals surface area contributed by atoms with E-state index in [0.717, 1.165) is 24.9 Å². The summed E-state index contributed by atoms with van der Waals surface area (Å²) in [7, 11) is 1.92. The van der Waals surface area contributed by atoms with Gasteiger partial charge in [-0.25, -0.2) is 4.79 Å². The van der Waals surface area contributed by atoms with Crippen LogP contribution in [-0.4, -0.2) is 31.1 Å². The van der Waals surface area contributed by atoms with Crippen molar-refractivity contribution in [2.75, 3.05) is 20.1 Å². The largest absolute Gasteiger partial charge is 0.338 e. The van der Waals surface area contributed by atoms with Crippen LogP contribution in [-0.2, 0) is 0 Å². The highest BCUT2D eigenvalue weighted by atomic mass is 16.2. The number of hydrogen-bond acceptors (Lipinski definition) is 1. The van der Waals surface area contributed by atoms with Crippen molar-refractivity contribution >= 4 is 6.03 Å². The summed E-state index contributed by atoms with van der Waals surface area (Å²) in [5, 5.41) is 3.11. The maximum Gasteiger partial charge on any atom is 0.317 e. The molecule has 2 fully saturated rings. The molecule has 2 aliphatic carbocycles. The molecular formula is C15H28N2O. The molecule has 0 saturated heterocycles. The fourth-order valence-corrected chi connectivity index (χ4v) is 2.98. The third-order valence-corrected chi connectivity index (χ3v) is 4.66. The minimum absolute atomic E-state index is 0.125. The van der Waals surface area contributed by atoms with Gasteiger partial charge in [0.05, 0.1) is 0 Å². The summed E-state index contributed by atoms with van der Waals surface area (Å²) >= 11 is 0. The third kappa shape index (κ3) is 4.18. The highest BCUT2D eigenvalue weighted by Crippen LogP contribution is 2.30. The second-order valence-electron chi connectivity index (χ2n) is 6.30. The Balaban J connectivity index is 1.60. The van der Waals surface area contributed by atoms with E-state index in [0.29, 0.717) is 5.92 Å². The number of carbonyl (C=O) groups excluding carboxylic acids is 1. The summed E-state index contributed by atoms with van der Waals surface area (Å²) in [4.78, 5) is 13.7. The molecule has 2 amide bonds. The molecule has 2 aliphatic rings. The van der Waals surface area contributed by atoms with Crippen molar-refractivity contribution in [2.45, 2.75) is 51.9 Å². The molecule has 0 unspecified atom stereocenters. The number of rotatable bonds is 5. The normalized spacial score (nSPS) is 27.9. The second kappa shape index (κ2) is 6.44. The number of nitrogens with one attached hydrogen (secondary N) is 1. The fraction of sp³-hybridized carbons (Fsp3) is 0.933. The minimum atomic E-state index is 0.125. The molecule has 1 N–H and O–H groups in total. The van der Waals surface area contributed by atoms with E-state index >= 15 is 0 Å². The van der Waals surface area contributed by atoms with Crippen molar-refractivity contribution in [3.05, 3.63) is 0 Å². The summed E-state index contributed by atoms with van der Waals surface area (Å²) in [5.74, 6) is 2.43. The van der Waals surface area contributed by atoms with Gasteiger partial charge in [0.1, 0.15) is 0 Å². The van der Waals surface area contributed by atoms with Gasteiger partial charge in [-0.1, -0.05) is 26.2 Å². The lowest BCUT2D eigenvalue weighted by Crippen LogP contribution is -2.41. The first kappa shape index (κ1) is 13.7. The Kier molecular flexibility index (Phi) is 4.90. The van der Waals surface area contributed by atoms with E-state index in [2.05, 4.69) is 12.2 Å². The Hall–Kier alpha value is -0.730. The van der Waals surface area contributed by atoms with E-state index in [9.17, 15) is 4.79 Å². The molecular weight excluding hydrogens is 224 g/mol. The van der Waals surface area contributed by atoms with E-state index in [1.807, 2.05) is 11.9 Å². The van der Waals surface area contributed by atoms with Gasteiger partial charge in [-0.05, 0) is 43.4 Å². The molecule has 0 atom stereocenters. The Labute approximate surface area is 111 Å². The molecule has 0 radical (unpaired) electrons. The smallest absolute Gasteiger partial charge is 0.317 e. The van der Waals surface area contributed by atoms with Gasteiger partial charge >= 0.3 is 6.03 Å². The first-order valence-corrected chi connectivity index (χ1v) is 7.68. The van der Waals surface area contributed by atoms with Crippen molar-refractivity contribution in [1.82, 2.24) is 10.2 Å². The summed E-state index contributed by atoms with van der Waals surface area (Å²) in [6, 6.07) is 0.125. The summed E-state index contributed by atoms with van der Waals surface area (Å²) in [6.07, 6.45) is 9.24. The number of urea groups is 1. The predicted molar refractivity (Wildman–Crippen MR) is 74.5 cm³/mol. The predicted octanol–water partition coefficient (Wildman–Crippen LogP) is 3.25.